The molecule has 0 spiro atoms. The fraction of sp³-hybridized carbons (Fsp3) is 0.625. The van der Waals surface area contributed by atoms with E-state index in [1.54, 1.807) is 13.1 Å². The van der Waals surface area contributed by atoms with Gasteiger partial charge in [-0.3, -0.25) is 15.0 Å². The average molecular weight is 293 g/mol. The number of hydrogen-bond acceptors (Lipinski definition) is 4. The van der Waals surface area contributed by atoms with E-state index < -0.39 is 0 Å². The number of anilines is 1. The second-order valence-electron chi connectivity index (χ2n) is 5.44. The lowest BCUT2D eigenvalue weighted by Crippen LogP contribution is -2.33. The van der Waals surface area contributed by atoms with Gasteiger partial charge in [-0.25, -0.2) is 0 Å². The number of rotatable bonds is 9. The third kappa shape index (κ3) is 5.01. The molecule has 1 N–H and O–H groups in total. The number of hydrogen-bond donors (Lipinski definition) is 1. The van der Waals surface area contributed by atoms with Gasteiger partial charge in [-0.1, -0.05) is 26.3 Å². The third-order valence-electron chi connectivity index (χ3n) is 3.93. The summed E-state index contributed by atoms with van der Waals surface area (Å²) < 4.78 is 0. The molecule has 0 saturated carbocycles. The minimum Gasteiger partial charge on any atom is -0.383 e. The highest BCUT2D eigenvalue weighted by atomic mass is 16.6. The summed E-state index contributed by atoms with van der Waals surface area (Å²) in [6, 6.07) is 5.86. The van der Waals surface area contributed by atoms with Crippen molar-refractivity contribution in [2.45, 2.75) is 52.6 Å². The smallest absolute Gasteiger partial charge is 0.292 e. The number of nitro groups is 1. The van der Waals surface area contributed by atoms with Crippen LogP contribution in [0.1, 0.15) is 45.6 Å². The van der Waals surface area contributed by atoms with Crippen LogP contribution in [0.15, 0.2) is 18.2 Å². The molecular formula is C16H27N3O2. The lowest BCUT2D eigenvalue weighted by Gasteiger charge is -2.28. The van der Waals surface area contributed by atoms with Crippen LogP contribution in [0.4, 0.5) is 11.4 Å². The third-order valence-corrected chi connectivity index (χ3v) is 3.93. The predicted octanol–water partition coefficient (Wildman–Crippen LogP) is 4.04. The molecule has 0 heterocycles. The fourth-order valence-corrected chi connectivity index (χ4v) is 2.35. The van der Waals surface area contributed by atoms with E-state index in [1.807, 2.05) is 12.1 Å². The van der Waals surface area contributed by atoms with E-state index in [-0.39, 0.29) is 10.6 Å². The molecule has 0 amide bonds. The first kappa shape index (κ1) is 17.4. The Bertz CT molecular complexity index is 463. The lowest BCUT2D eigenvalue weighted by molar-refractivity contribution is -0.384. The van der Waals surface area contributed by atoms with Gasteiger partial charge in [0.1, 0.15) is 5.69 Å². The molecule has 0 aromatic heterocycles. The van der Waals surface area contributed by atoms with E-state index in [4.69, 9.17) is 0 Å². The minimum absolute atomic E-state index is 0.130. The largest absolute Gasteiger partial charge is 0.383 e. The Balaban J connectivity index is 2.90. The Kier molecular flexibility index (Phi) is 7.15. The first-order valence-electron chi connectivity index (χ1n) is 7.72. The van der Waals surface area contributed by atoms with E-state index in [0.717, 1.165) is 25.1 Å². The summed E-state index contributed by atoms with van der Waals surface area (Å²) in [7, 11) is 1.72. The SMILES string of the molecule is CCCCN(Cc1ccc([N+](=O)[O-])c(NC)c1)C(C)CC. The zero-order valence-corrected chi connectivity index (χ0v) is 13.6. The summed E-state index contributed by atoms with van der Waals surface area (Å²) in [5.74, 6) is 0. The van der Waals surface area contributed by atoms with Gasteiger partial charge >= 0.3 is 0 Å². The molecule has 0 bridgehead atoms. The van der Waals surface area contributed by atoms with E-state index in [0.29, 0.717) is 11.7 Å². The first-order valence-corrected chi connectivity index (χ1v) is 7.72. The number of nitrogens with one attached hydrogen (secondary N) is 1. The Morgan fingerprint density at radius 2 is 2.10 bits per heavy atom. The molecule has 0 aliphatic carbocycles. The average Bonchev–Trinajstić information content (AvgIpc) is 2.50. The summed E-state index contributed by atoms with van der Waals surface area (Å²) in [4.78, 5) is 13.1. The molecule has 0 fully saturated rings. The topological polar surface area (TPSA) is 58.4 Å². The summed E-state index contributed by atoms with van der Waals surface area (Å²) in [5, 5.41) is 13.9. The van der Waals surface area contributed by atoms with Crippen molar-refractivity contribution >= 4 is 11.4 Å². The van der Waals surface area contributed by atoms with Crippen molar-refractivity contribution in [1.82, 2.24) is 4.90 Å². The standard InChI is InChI=1S/C16H27N3O2/c1-5-7-10-18(13(3)6-2)12-14-8-9-16(19(20)21)15(11-14)17-4/h8-9,11,13,17H,5-7,10,12H2,1-4H3. The maximum Gasteiger partial charge on any atom is 0.292 e. The van der Waals surface area contributed by atoms with Gasteiger partial charge in [0.15, 0.2) is 0 Å². The van der Waals surface area contributed by atoms with Crippen LogP contribution in [0.3, 0.4) is 0 Å². The van der Waals surface area contributed by atoms with Gasteiger partial charge in [0.2, 0.25) is 0 Å². The van der Waals surface area contributed by atoms with Gasteiger partial charge in [0.05, 0.1) is 4.92 Å². The van der Waals surface area contributed by atoms with Crippen LogP contribution < -0.4 is 5.32 Å². The van der Waals surface area contributed by atoms with Gasteiger partial charge < -0.3 is 5.32 Å². The van der Waals surface area contributed by atoms with Gasteiger partial charge in [-0.2, -0.15) is 0 Å². The number of benzene rings is 1. The van der Waals surface area contributed by atoms with Crippen molar-refractivity contribution in [3.63, 3.8) is 0 Å². The normalized spacial score (nSPS) is 12.4. The van der Waals surface area contributed by atoms with Crippen LogP contribution in [0.25, 0.3) is 0 Å². The van der Waals surface area contributed by atoms with Crippen molar-refractivity contribution in [3.05, 3.63) is 33.9 Å². The van der Waals surface area contributed by atoms with Crippen LogP contribution >= 0.6 is 0 Å². The second kappa shape index (κ2) is 8.62. The van der Waals surface area contributed by atoms with E-state index in [1.165, 1.54) is 12.8 Å². The molecule has 1 rings (SSSR count). The molecular weight excluding hydrogens is 266 g/mol. The van der Waals surface area contributed by atoms with Gasteiger partial charge in [-0.15, -0.1) is 0 Å². The van der Waals surface area contributed by atoms with Crippen LogP contribution in [-0.2, 0) is 6.54 Å². The van der Waals surface area contributed by atoms with Crippen LogP contribution in [0, 0.1) is 10.1 Å². The zero-order valence-electron chi connectivity index (χ0n) is 13.6. The molecule has 1 unspecified atom stereocenters. The van der Waals surface area contributed by atoms with E-state index in [2.05, 4.69) is 31.0 Å². The van der Waals surface area contributed by atoms with Crippen molar-refractivity contribution in [2.75, 3.05) is 18.9 Å². The zero-order chi connectivity index (χ0) is 15.8. The Morgan fingerprint density at radius 1 is 1.38 bits per heavy atom. The maximum absolute atomic E-state index is 11.0. The predicted molar refractivity (Wildman–Crippen MR) is 87.7 cm³/mol. The summed E-state index contributed by atoms with van der Waals surface area (Å²) in [6.45, 7) is 8.53. The molecule has 0 aliphatic heterocycles. The van der Waals surface area contributed by atoms with Gasteiger partial charge in [-0.05, 0) is 37.9 Å². The molecule has 5 heteroatoms. The summed E-state index contributed by atoms with van der Waals surface area (Å²) >= 11 is 0. The number of nitrogens with zero attached hydrogens (tertiary/aromatic N) is 2. The van der Waals surface area contributed by atoms with Crippen LogP contribution in [0.2, 0.25) is 0 Å². The van der Waals surface area contributed by atoms with E-state index >= 15 is 0 Å². The number of nitro benzene ring substituents is 1. The molecule has 0 aliphatic rings. The Labute approximate surface area is 127 Å². The molecule has 0 radical (unpaired) electrons. The molecule has 1 aromatic rings. The molecule has 0 saturated heterocycles. The Hall–Kier alpha value is -1.62. The van der Waals surface area contributed by atoms with E-state index in [9.17, 15) is 10.1 Å². The van der Waals surface area contributed by atoms with Crippen LogP contribution in [-0.4, -0.2) is 29.5 Å². The van der Waals surface area contributed by atoms with Crippen molar-refractivity contribution in [3.8, 4) is 0 Å². The van der Waals surface area contributed by atoms with Crippen molar-refractivity contribution in [2.24, 2.45) is 0 Å². The fourth-order valence-electron chi connectivity index (χ4n) is 2.35. The first-order chi connectivity index (χ1) is 10.0. The monoisotopic (exact) mass is 293 g/mol. The molecule has 1 aromatic carbocycles. The molecule has 1 atom stereocenters. The van der Waals surface area contributed by atoms with Crippen LogP contribution in [0.5, 0.6) is 0 Å². The van der Waals surface area contributed by atoms with Crippen molar-refractivity contribution in [1.29, 1.82) is 0 Å². The molecule has 5 nitrogen and oxygen atoms in total. The van der Waals surface area contributed by atoms with Gasteiger partial charge in [0, 0.05) is 25.7 Å². The molecule has 118 valence electrons. The summed E-state index contributed by atoms with van der Waals surface area (Å²) in [6.07, 6.45) is 3.46. The van der Waals surface area contributed by atoms with Gasteiger partial charge in [0.25, 0.3) is 5.69 Å². The maximum atomic E-state index is 11.0. The lowest BCUT2D eigenvalue weighted by atomic mass is 10.1. The molecule has 21 heavy (non-hydrogen) atoms. The second-order valence-corrected chi connectivity index (χ2v) is 5.44. The number of unbranched alkanes of at least 4 members (excludes halogenated alkanes) is 1. The highest BCUT2D eigenvalue weighted by Crippen LogP contribution is 2.26. The Morgan fingerprint density at radius 3 is 2.62 bits per heavy atom. The quantitative estimate of drug-likeness (QED) is 0.551. The minimum atomic E-state index is -0.348. The highest BCUT2D eigenvalue weighted by molar-refractivity contribution is 5.62. The summed E-state index contributed by atoms with van der Waals surface area (Å²) in [5.41, 5.74) is 1.82. The highest BCUT2D eigenvalue weighted by Gasteiger charge is 2.16. The van der Waals surface area contributed by atoms with Crippen molar-refractivity contribution < 1.29 is 4.92 Å².